The Kier molecular flexibility index (Phi) is 4.54. The summed E-state index contributed by atoms with van der Waals surface area (Å²) in [5.41, 5.74) is 0.0468. The van der Waals surface area contributed by atoms with Gasteiger partial charge in [0.25, 0.3) is 5.56 Å². The number of carboxylic acids is 1. The Bertz CT molecular complexity index is 911. The molecule has 1 fully saturated rings. The molecule has 1 saturated heterocycles. The number of pyridine rings is 2. The van der Waals surface area contributed by atoms with E-state index in [1.807, 2.05) is 0 Å². The van der Waals surface area contributed by atoms with Crippen LogP contribution in [0.5, 0.6) is 5.75 Å². The fourth-order valence-electron chi connectivity index (χ4n) is 3.03. The second-order valence-corrected chi connectivity index (χ2v) is 6.11. The number of nitrogens with zero attached hydrogens (tertiary/aromatic N) is 2. The summed E-state index contributed by atoms with van der Waals surface area (Å²) < 4.78 is 6.55. The number of ketones is 1. The average molecular weight is 346 g/mol. The van der Waals surface area contributed by atoms with Crippen LogP contribution in [0.15, 0.2) is 17.1 Å². The van der Waals surface area contributed by atoms with Crippen LogP contribution in [0, 0.1) is 0 Å². The molecule has 0 aliphatic carbocycles. The molecule has 0 bridgehead atoms. The number of rotatable bonds is 5. The van der Waals surface area contributed by atoms with Crippen LogP contribution in [0.3, 0.4) is 0 Å². The van der Waals surface area contributed by atoms with Crippen LogP contribution in [0.1, 0.15) is 41.1 Å². The molecular formula is C17H18N2O6. The highest BCUT2D eigenvalue weighted by molar-refractivity contribution is 6.03. The monoisotopic (exact) mass is 346 g/mol. The Hall–Kier alpha value is -2.74. The van der Waals surface area contributed by atoms with E-state index in [2.05, 4.69) is 4.98 Å². The minimum Gasteiger partial charge on any atom is -0.506 e. The standard InChI is InChI=1S/C17H18N2O6/c1-19-16-11(6-10(7-18-16)9-4-5-25-8-9)15(23)14(17(19)24)12(20)2-3-13(21)22/h6-7,9,23H,2-5,8H2,1H3,(H,21,22). The lowest BCUT2D eigenvalue weighted by molar-refractivity contribution is -0.136. The van der Waals surface area contributed by atoms with E-state index in [0.717, 1.165) is 12.0 Å². The van der Waals surface area contributed by atoms with Gasteiger partial charge in [-0.1, -0.05) is 0 Å². The molecular weight excluding hydrogens is 328 g/mol. The summed E-state index contributed by atoms with van der Waals surface area (Å²) in [6.45, 7) is 1.21. The minimum absolute atomic E-state index is 0.152. The number of hydrogen-bond donors (Lipinski definition) is 2. The zero-order chi connectivity index (χ0) is 18.1. The summed E-state index contributed by atoms with van der Waals surface area (Å²) in [6.07, 6.45) is 1.72. The van der Waals surface area contributed by atoms with Gasteiger partial charge >= 0.3 is 5.97 Å². The lowest BCUT2D eigenvalue weighted by Gasteiger charge is -2.13. The first kappa shape index (κ1) is 17.1. The Labute approximate surface area is 142 Å². The van der Waals surface area contributed by atoms with Crippen molar-refractivity contribution in [2.75, 3.05) is 13.2 Å². The third-order valence-electron chi connectivity index (χ3n) is 4.46. The number of aromatic nitrogens is 2. The van der Waals surface area contributed by atoms with Gasteiger partial charge in [-0.3, -0.25) is 19.0 Å². The lowest BCUT2D eigenvalue weighted by Crippen LogP contribution is -2.25. The largest absolute Gasteiger partial charge is 0.506 e. The van der Waals surface area contributed by atoms with Crippen molar-refractivity contribution in [3.8, 4) is 5.75 Å². The number of carboxylic acid groups (broad SMARTS) is 1. The quantitative estimate of drug-likeness (QED) is 0.781. The number of ether oxygens (including phenoxy) is 1. The number of fused-ring (bicyclic) bond motifs is 1. The van der Waals surface area contributed by atoms with Gasteiger partial charge in [-0.05, 0) is 18.1 Å². The van der Waals surface area contributed by atoms with Crippen LogP contribution in [0.2, 0.25) is 0 Å². The van der Waals surface area contributed by atoms with Crippen molar-refractivity contribution in [3.05, 3.63) is 33.7 Å². The molecule has 1 aliphatic heterocycles. The smallest absolute Gasteiger partial charge is 0.303 e. The molecule has 1 atom stereocenters. The van der Waals surface area contributed by atoms with E-state index < -0.39 is 35.0 Å². The molecule has 2 aromatic rings. The van der Waals surface area contributed by atoms with Gasteiger partial charge in [0.2, 0.25) is 0 Å². The van der Waals surface area contributed by atoms with E-state index in [0.29, 0.717) is 18.6 Å². The molecule has 0 aromatic carbocycles. The van der Waals surface area contributed by atoms with Gasteiger partial charge in [0, 0.05) is 32.2 Å². The number of aliphatic carboxylic acids is 1. The van der Waals surface area contributed by atoms with Crippen molar-refractivity contribution < 1.29 is 24.5 Å². The second-order valence-electron chi connectivity index (χ2n) is 6.11. The first-order chi connectivity index (χ1) is 11.9. The Morgan fingerprint density at radius 1 is 1.40 bits per heavy atom. The van der Waals surface area contributed by atoms with Gasteiger partial charge in [-0.25, -0.2) is 4.98 Å². The minimum atomic E-state index is -1.14. The van der Waals surface area contributed by atoms with E-state index in [1.165, 1.54) is 11.6 Å². The van der Waals surface area contributed by atoms with Crippen molar-refractivity contribution in [3.63, 3.8) is 0 Å². The van der Waals surface area contributed by atoms with E-state index >= 15 is 0 Å². The van der Waals surface area contributed by atoms with E-state index in [4.69, 9.17) is 9.84 Å². The molecule has 8 nitrogen and oxygen atoms in total. The molecule has 2 N–H and O–H groups in total. The number of aromatic hydroxyl groups is 1. The highest BCUT2D eigenvalue weighted by Crippen LogP contribution is 2.31. The number of carbonyl (C=O) groups is 2. The van der Waals surface area contributed by atoms with Gasteiger partial charge in [-0.15, -0.1) is 0 Å². The maximum Gasteiger partial charge on any atom is 0.303 e. The Morgan fingerprint density at radius 3 is 2.80 bits per heavy atom. The summed E-state index contributed by atoms with van der Waals surface area (Å²) in [6, 6.07) is 1.71. The fraction of sp³-hybridized carbons (Fsp3) is 0.412. The first-order valence-electron chi connectivity index (χ1n) is 7.94. The lowest BCUT2D eigenvalue weighted by atomic mass is 9.98. The van der Waals surface area contributed by atoms with Crippen LogP contribution >= 0.6 is 0 Å². The van der Waals surface area contributed by atoms with Crippen molar-refractivity contribution in [1.29, 1.82) is 0 Å². The van der Waals surface area contributed by atoms with Crippen LogP contribution in [-0.4, -0.2) is 44.7 Å². The Balaban J connectivity index is 2.12. The Morgan fingerprint density at radius 2 is 2.16 bits per heavy atom. The maximum absolute atomic E-state index is 12.4. The molecule has 2 aromatic heterocycles. The molecule has 1 unspecified atom stereocenters. The molecule has 25 heavy (non-hydrogen) atoms. The first-order valence-corrected chi connectivity index (χ1v) is 7.94. The predicted octanol–water partition coefficient (Wildman–Crippen LogP) is 1.19. The van der Waals surface area contributed by atoms with Gasteiger partial charge in [0.05, 0.1) is 18.4 Å². The van der Waals surface area contributed by atoms with Crippen LogP contribution in [0.4, 0.5) is 0 Å². The zero-order valence-electron chi connectivity index (χ0n) is 13.7. The van der Waals surface area contributed by atoms with Crippen molar-refractivity contribution in [2.24, 2.45) is 7.05 Å². The van der Waals surface area contributed by atoms with Gasteiger partial charge in [-0.2, -0.15) is 0 Å². The normalized spacial score (nSPS) is 17.1. The SMILES string of the molecule is Cn1c(=O)c(C(=O)CCC(=O)O)c(O)c2cc(C3CCOC3)cnc21. The van der Waals surface area contributed by atoms with Crippen LogP contribution in [-0.2, 0) is 16.6 Å². The summed E-state index contributed by atoms with van der Waals surface area (Å²) in [7, 11) is 1.46. The molecule has 0 radical (unpaired) electrons. The predicted molar refractivity (Wildman–Crippen MR) is 88.0 cm³/mol. The van der Waals surface area contributed by atoms with Gasteiger partial charge in [0.1, 0.15) is 17.0 Å². The fourth-order valence-corrected chi connectivity index (χ4v) is 3.03. The molecule has 0 amide bonds. The molecule has 1 aliphatic rings. The molecule has 8 heteroatoms. The van der Waals surface area contributed by atoms with Gasteiger partial charge in [0.15, 0.2) is 5.78 Å². The topological polar surface area (TPSA) is 119 Å². The third-order valence-corrected chi connectivity index (χ3v) is 4.46. The van der Waals surface area contributed by atoms with Gasteiger partial charge < -0.3 is 14.9 Å². The molecule has 132 valence electrons. The molecule has 3 rings (SSSR count). The summed E-state index contributed by atoms with van der Waals surface area (Å²) >= 11 is 0. The summed E-state index contributed by atoms with van der Waals surface area (Å²) in [5, 5.41) is 19.5. The highest BCUT2D eigenvalue weighted by Gasteiger charge is 2.24. The van der Waals surface area contributed by atoms with Crippen LogP contribution in [0.25, 0.3) is 11.0 Å². The number of carbonyl (C=O) groups excluding carboxylic acids is 1. The van der Waals surface area contributed by atoms with E-state index in [1.54, 1.807) is 12.3 Å². The average Bonchev–Trinajstić information content (AvgIpc) is 3.12. The highest BCUT2D eigenvalue weighted by atomic mass is 16.5. The molecule has 0 saturated carbocycles. The third kappa shape index (κ3) is 3.12. The van der Waals surface area contributed by atoms with Crippen LogP contribution < -0.4 is 5.56 Å². The van der Waals surface area contributed by atoms with E-state index in [9.17, 15) is 19.5 Å². The van der Waals surface area contributed by atoms with E-state index in [-0.39, 0.29) is 18.0 Å². The zero-order valence-corrected chi connectivity index (χ0v) is 13.7. The van der Waals surface area contributed by atoms with Crippen molar-refractivity contribution in [1.82, 2.24) is 9.55 Å². The summed E-state index contributed by atoms with van der Waals surface area (Å²) in [4.78, 5) is 39.6. The summed E-state index contributed by atoms with van der Waals surface area (Å²) in [5.74, 6) is -2.13. The van der Waals surface area contributed by atoms with Crippen molar-refractivity contribution in [2.45, 2.75) is 25.2 Å². The second kappa shape index (κ2) is 6.64. The number of Topliss-reactive ketones (excluding diaryl/α,β-unsaturated/α-hetero) is 1. The van der Waals surface area contributed by atoms with Crippen molar-refractivity contribution >= 4 is 22.8 Å². The maximum atomic E-state index is 12.4. The molecule has 3 heterocycles. The molecule has 0 spiro atoms. The number of hydrogen-bond acceptors (Lipinski definition) is 6. The number of aryl methyl sites for hydroxylation is 1.